The van der Waals surface area contributed by atoms with Crippen molar-refractivity contribution < 1.29 is 9.53 Å². The number of rotatable bonds is 0. The van der Waals surface area contributed by atoms with Crippen LogP contribution in [0.25, 0.3) is 0 Å². The van der Waals surface area contributed by atoms with Crippen LogP contribution in [0.15, 0.2) is 0 Å². The van der Waals surface area contributed by atoms with Gasteiger partial charge in [0.25, 0.3) is 0 Å². The third-order valence-electron chi connectivity index (χ3n) is 0.661. The van der Waals surface area contributed by atoms with Crippen molar-refractivity contribution in [1.29, 1.82) is 0 Å². The van der Waals surface area contributed by atoms with Crippen LogP contribution in [0.1, 0.15) is 0 Å². The molecule has 9 heavy (non-hydrogen) atoms. The lowest BCUT2D eigenvalue weighted by Crippen LogP contribution is -2.11. The van der Waals surface area contributed by atoms with E-state index in [0.717, 1.165) is 4.68 Å². The van der Waals surface area contributed by atoms with Crippen LogP contribution in [0.2, 0.25) is 0 Å². The zero-order chi connectivity index (χ0) is 6.69. The summed E-state index contributed by atoms with van der Waals surface area (Å²) in [5.74, 6) is 0. The maximum Gasteiger partial charge on any atom is 0.438 e. The van der Waals surface area contributed by atoms with Gasteiger partial charge in [0, 0.05) is 0 Å². The van der Waals surface area contributed by atoms with Gasteiger partial charge in [-0.05, 0) is 10.4 Å². The van der Waals surface area contributed by atoms with Crippen LogP contribution in [0, 0.1) is 6.33 Å². The lowest BCUT2D eigenvalue weighted by Gasteiger charge is -1.90. The molecule has 0 aliphatic heterocycles. The number of carbonyl (C=O) groups is 1. The molecule has 47 valence electrons. The molecule has 0 aromatic carbocycles. The van der Waals surface area contributed by atoms with E-state index < -0.39 is 6.09 Å². The lowest BCUT2D eigenvalue weighted by molar-refractivity contribution is 0.168. The Balaban J connectivity index is 2.77. The molecule has 0 atom stereocenters. The maximum atomic E-state index is 10.4. The zero-order valence-electron chi connectivity index (χ0n) is 4.61. The monoisotopic (exact) mass is 127 g/mol. The van der Waals surface area contributed by atoms with Crippen LogP contribution in [0.5, 0.6) is 0 Å². The maximum absolute atomic E-state index is 10.4. The second kappa shape index (κ2) is 2.21. The van der Waals surface area contributed by atoms with E-state index in [1.807, 2.05) is 0 Å². The summed E-state index contributed by atoms with van der Waals surface area (Å²) < 4.78 is 5.01. The number of carbonyl (C=O) groups excluding carboxylic acids is 1. The highest BCUT2D eigenvalue weighted by molar-refractivity contribution is 5.68. The van der Waals surface area contributed by atoms with Crippen molar-refractivity contribution in [2.45, 2.75) is 0 Å². The van der Waals surface area contributed by atoms with E-state index in [1.165, 1.54) is 7.11 Å². The van der Waals surface area contributed by atoms with E-state index in [0.29, 0.717) is 0 Å². The molecule has 0 bridgehead atoms. The first kappa shape index (κ1) is 5.67. The van der Waals surface area contributed by atoms with Gasteiger partial charge in [-0.2, -0.15) is 0 Å². The van der Waals surface area contributed by atoms with Gasteiger partial charge in [0.15, 0.2) is 0 Å². The average Bonchev–Trinajstić information content (AvgIpc) is 2.37. The van der Waals surface area contributed by atoms with Crippen molar-refractivity contribution in [3.05, 3.63) is 6.33 Å². The predicted octanol–water partition coefficient (Wildman–Crippen LogP) is -0.912. The quantitative estimate of drug-likeness (QED) is 0.422. The van der Waals surface area contributed by atoms with E-state index in [4.69, 9.17) is 0 Å². The molecule has 0 fully saturated rings. The highest BCUT2D eigenvalue weighted by atomic mass is 16.5. The van der Waals surface area contributed by atoms with Crippen LogP contribution >= 0.6 is 0 Å². The first-order chi connectivity index (χ1) is 4.34. The molecular formula is C3H3N4O2. The minimum absolute atomic E-state index is 0.653. The Kier molecular flexibility index (Phi) is 1.39. The summed E-state index contributed by atoms with van der Waals surface area (Å²) in [6, 6.07) is 0. The van der Waals surface area contributed by atoms with E-state index in [-0.39, 0.29) is 0 Å². The Bertz CT molecular complexity index is 194. The Hall–Kier alpha value is -1.46. The summed E-state index contributed by atoms with van der Waals surface area (Å²) in [5, 5.41) is 9.48. The molecule has 0 spiro atoms. The predicted molar refractivity (Wildman–Crippen MR) is 24.5 cm³/mol. The summed E-state index contributed by atoms with van der Waals surface area (Å²) >= 11 is 0. The molecule has 1 aromatic rings. The van der Waals surface area contributed by atoms with Gasteiger partial charge >= 0.3 is 6.09 Å². The first-order valence-corrected chi connectivity index (χ1v) is 2.09. The van der Waals surface area contributed by atoms with E-state index >= 15 is 0 Å². The van der Waals surface area contributed by atoms with Gasteiger partial charge in [-0.25, -0.2) is 4.79 Å². The van der Waals surface area contributed by atoms with Gasteiger partial charge in [0.2, 0.25) is 6.33 Å². The minimum Gasteiger partial charge on any atom is -0.451 e. The van der Waals surface area contributed by atoms with Crippen molar-refractivity contribution in [1.82, 2.24) is 20.2 Å². The molecule has 0 amide bonds. The van der Waals surface area contributed by atoms with Crippen molar-refractivity contribution in [3.63, 3.8) is 0 Å². The molecule has 1 rings (SSSR count). The van der Waals surface area contributed by atoms with E-state index in [1.54, 1.807) is 0 Å². The van der Waals surface area contributed by atoms with Gasteiger partial charge < -0.3 is 4.74 Å². The molecule has 1 radical (unpaired) electrons. The van der Waals surface area contributed by atoms with Crippen molar-refractivity contribution in [3.8, 4) is 0 Å². The van der Waals surface area contributed by atoms with Crippen LogP contribution in [-0.2, 0) is 4.74 Å². The molecule has 0 aliphatic carbocycles. The fraction of sp³-hybridized carbons (Fsp3) is 0.333. The normalized spacial score (nSPS) is 9.00. The van der Waals surface area contributed by atoms with Crippen molar-refractivity contribution >= 4 is 6.09 Å². The molecule has 1 aromatic heterocycles. The molecule has 1 heterocycles. The van der Waals surface area contributed by atoms with Crippen molar-refractivity contribution in [2.24, 2.45) is 0 Å². The third kappa shape index (κ3) is 1.01. The standard InChI is InChI=1S/C3H3N4O2/c1-9-3(8)7-2-4-5-6-7/h1H3. The summed E-state index contributed by atoms with van der Waals surface area (Å²) in [5.41, 5.74) is 0. The Morgan fingerprint density at radius 1 is 1.78 bits per heavy atom. The van der Waals surface area contributed by atoms with Gasteiger partial charge in [-0.1, -0.05) is 0 Å². The Morgan fingerprint density at radius 2 is 2.56 bits per heavy atom. The molecule has 6 heteroatoms. The number of tetrazole rings is 1. The second-order valence-electron chi connectivity index (χ2n) is 1.16. The lowest BCUT2D eigenvalue weighted by atomic mass is 11.1. The largest absolute Gasteiger partial charge is 0.451 e. The number of ether oxygens (including phenoxy) is 1. The zero-order valence-corrected chi connectivity index (χ0v) is 4.61. The molecule has 6 nitrogen and oxygen atoms in total. The summed E-state index contributed by atoms with van der Waals surface area (Å²) in [7, 11) is 1.23. The molecule has 0 saturated carbocycles. The number of hydrogen-bond donors (Lipinski definition) is 0. The van der Waals surface area contributed by atoms with Gasteiger partial charge in [0.1, 0.15) is 0 Å². The number of nitrogens with zero attached hydrogens (tertiary/aromatic N) is 4. The van der Waals surface area contributed by atoms with E-state index in [2.05, 4.69) is 26.6 Å². The fourth-order valence-corrected chi connectivity index (χ4v) is 0.306. The Labute approximate surface area is 50.4 Å². The number of methoxy groups -OCH3 is 1. The van der Waals surface area contributed by atoms with Gasteiger partial charge in [0.05, 0.1) is 7.11 Å². The fourth-order valence-electron chi connectivity index (χ4n) is 0.306. The van der Waals surface area contributed by atoms with Gasteiger partial charge in [-0.3, -0.25) is 0 Å². The van der Waals surface area contributed by atoms with Crippen LogP contribution in [0.4, 0.5) is 4.79 Å². The molecule has 0 unspecified atom stereocenters. The molecular weight excluding hydrogens is 124 g/mol. The topological polar surface area (TPSA) is 69.9 Å². The Morgan fingerprint density at radius 3 is 3.00 bits per heavy atom. The second-order valence-corrected chi connectivity index (χ2v) is 1.16. The van der Waals surface area contributed by atoms with Crippen LogP contribution in [-0.4, -0.2) is 33.4 Å². The highest BCUT2D eigenvalue weighted by Gasteiger charge is 2.02. The average molecular weight is 127 g/mol. The summed E-state index contributed by atoms with van der Waals surface area (Å²) in [6.45, 7) is 0. The molecule has 0 aliphatic rings. The summed E-state index contributed by atoms with van der Waals surface area (Å²) in [6.07, 6.45) is 1.50. The SMILES string of the molecule is COC(=O)n1[c]nnn1. The van der Waals surface area contributed by atoms with Crippen molar-refractivity contribution in [2.75, 3.05) is 7.11 Å². The number of hydrogen-bond acceptors (Lipinski definition) is 5. The number of aromatic nitrogens is 4. The van der Waals surface area contributed by atoms with E-state index in [9.17, 15) is 4.79 Å². The molecule has 0 saturated heterocycles. The third-order valence-corrected chi connectivity index (χ3v) is 0.661. The van der Waals surface area contributed by atoms with Crippen LogP contribution < -0.4 is 0 Å². The molecule has 0 N–H and O–H groups in total. The minimum atomic E-state index is -0.653. The first-order valence-electron chi connectivity index (χ1n) is 2.09. The smallest absolute Gasteiger partial charge is 0.438 e. The summed E-state index contributed by atoms with van der Waals surface area (Å²) in [4.78, 5) is 10.4. The van der Waals surface area contributed by atoms with Crippen LogP contribution in [0.3, 0.4) is 0 Å². The van der Waals surface area contributed by atoms with Gasteiger partial charge in [-0.15, -0.1) is 9.78 Å². The highest BCUT2D eigenvalue weighted by Crippen LogP contribution is 1.77.